The summed E-state index contributed by atoms with van der Waals surface area (Å²) in [6, 6.07) is 3.82. The first-order valence-electron chi connectivity index (χ1n) is 7.73. The second kappa shape index (κ2) is 7.43. The van der Waals surface area contributed by atoms with Gasteiger partial charge >= 0.3 is 0 Å². The number of rotatable bonds is 6. The van der Waals surface area contributed by atoms with Crippen molar-refractivity contribution >= 4 is 16.7 Å². The summed E-state index contributed by atoms with van der Waals surface area (Å²) in [4.78, 5) is 11.1. The van der Waals surface area contributed by atoms with Gasteiger partial charge in [-0.25, -0.2) is 9.97 Å². The van der Waals surface area contributed by atoms with Gasteiger partial charge in [-0.05, 0) is 12.1 Å². The molecule has 3 rings (SSSR count). The summed E-state index contributed by atoms with van der Waals surface area (Å²) in [5.74, 6) is 2.10. The average Bonchev–Trinajstić information content (AvgIpc) is 2.61. The molecule has 1 aliphatic heterocycles. The number of morpholine rings is 1. The molecule has 0 unspecified atom stereocenters. The Labute approximate surface area is 135 Å². The van der Waals surface area contributed by atoms with Gasteiger partial charge in [0, 0.05) is 31.6 Å². The SMILES string of the molecule is COc1ccc2c(NCCN3CCOCC3)ncnc2c1OC. The van der Waals surface area contributed by atoms with Crippen LogP contribution in [0.4, 0.5) is 5.82 Å². The highest BCUT2D eigenvalue weighted by molar-refractivity contribution is 5.94. The molecule has 0 saturated carbocycles. The molecule has 2 aromatic rings. The molecular formula is C16H22N4O3. The summed E-state index contributed by atoms with van der Waals surface area (Å²) in [6.07, 6.45) is 1.54. The van der Waals surface area contributed by atoms with Gasteiger partial charge in [-0.3, -0.25) is 4.90 Å². The standard InChI is InChI=1S/C16H22N4O3/c1-21-13-4-3-12-14(15(13)22-2)18-11-19-16(12)17-5-6-20-7-9-23-10-8-20/h3-4,11H,5-10H2,1-2H3,(H,17,18,19). The molecule has 7 heteroatoms. The second-order valence-electron chi connectivity index (χ2n) is 5.30. The molecular weight excluding hydrogens is 296 g/mol. The predicted octanol–water partition coefficient (Wildman–Crippen LogP) is 1.39. The first kappa shape index (κ1) is 15.8. The van der Waals surface area contributed by atoms with Crippen molar-refractivity contribution in [1.82, 2.24) is 14.9 Å². The first-order valence-corrected chi connectivity index (χ1v) is 7.73. The van der Waals surface area contributed by atoms with Crippen LogP contribution in [0.3, 0.4) is 0 Å². The molecule has 1 aliphatic rings. The van der Waals surface area contributed by atoms with Crippen LogP contribution in [0, 0.1) is 0 Å². The Morgan fingerprint density at radius 3 is 2.74 bits per heavy atom. The van der Waals surface area contributed by atoms with Gasteiger partial charge in [-0.1, -0.05) is 0 Å². The van der Waals surface area contributed by atoms with E-state index in [1.807, 2.05) is 12.1 Å². The van der Waals surface area contributed by atoms with Gasteiger partial charge in [-0.15, -0.1) is 0 Å². The molecule has 0 aliphatic carbocycles. The summed E-state index contributed by atoms with van der Waals surface area (Å²) in [7, 11) is 3.23. The van der Waals surface area contributed by atoms with E-state index < -0.39 is 0 Å². The Morgan fingerprint density at radius 2 is 2.00 bits per heavy atom. The van der Waals surface area contributed by atoms with Crippen LogP contribution in [-0.2, 0) is 4.74 Å². The van der Waals surface area contributed by atoms with Gasteiger partial charge in [-0.2, -0.15) is 0 Å². The number of hydrogen-bond donors (Lipinski definition) is 1. The van der Waals surface area contributed by atoms with Crippen molar-refractivity contribution in [2.75, 3.05) is 58.9 Å². The molecule has 1 fully saturated rings. The summed E-state index contributed by atoms with van der Waals surface area (Å²) >= 11 is 0. The third-order valence-corrected chi connectivity index (χ3v) is 3.97. The van der Waals surface area contributed by atoms with Crippen molar-refractivity contribution in [3.8, 4) is 11.5 Å². The molecule has 7 nitrogen and oxygen atoms in total. The van der Waals surface area contributed by atoms with E-state index in [0.29, 0.717) is 11.5 Å². The van der Waals surface area contributed by atoms with Crippen LogP contribution in [0.25, 0.3) is 10.9 Å². The number of fused-ring (bicyclic) bond motifs is 1. The summed E-state index contributed by atoms with van der Waals surface area (Å²) in [6.45, 7) is 5.37. The molecule has 2 heterocycles. The normalized spacial score (nSPS) is 15.6. The number of nitrogens with one attached hydrogen (secondary N) is 1. The van der Waals surface area contributed by atoms with Gasteiger partial charge in [0.1, 0.15) is 17.7 Å². The number of benzene rings is 1. The fourth-order valence-electron chi connectivity index (χ4n) is 2.74. The first-order chi connectivity index (χ1) is 11.3. The van der Waals surface area contributed by atoms with Crippen molar-refractivity contribution in [3.63, 3.8) is 0 Å². The van der Waals surface area contributed by atoms with E-state index in [9.17, 15) is 0 Å². The summed E-state index contributed by atoms with van der Waals surface area (Å²) < 4.78 is 16.1. The molecule has 1 saturated heterocycles. The molecule has 0 radical (unpaired) electrons. The largest absolute Gasteiger partial charge is 0.493 e. The fraction of sp³-hybridized carbons (Fsp3) is 0.500. The van der Waals surface area contributed by atoms with Crippen molar-refractivity contribution in [1.29, 1.82) is 0 Å². The van der Waals surface area contributed by atoms with Crippen LogP contribution < -0.4 is 14.8 Å². The summed E-state index contributed by atoms with van der Waals surface area (Å²) in [5.41, 5.74) is 0.746. The van der Waals surface area contributed by atoms with Crippen molar-refractivity contribution in [3.05, 3.63) is 18.5 Å². The van der Waals surface area contributed by atoms with Crippen LogP contribution in [0.15, 0.2) is 18.5 Å². The molecule has 23 heavy (non-hydrogen) atoms. The molecule has 0 spiro atoms. The van der Waals surface area contributed by atoms with Crippen LogP contribution in [0.1, 0.15) is 0 Å². The minimum Gasteiger partial charge on any atom is -0.493 e. The topological polar surface area (TPSA) is 68.7 Å². The minimum atomic E-state index is 0.628. The van der Waals surface area contributed by atoms with Crippen molar-refractivity contribution in [2.24, 2.45) is 0 Å². The van der Waals surface area contributed by atoms with Crippen LogP contribution in [0.5, 0.6) is 11.5 Å². The minimum absolute atomic E-state index is 0.628. The number of nitrogens with zero attached hydrogens (tertiary/aromatic N) is 3. The Kier molecular flexibility index (Phi) is 5.09. The highest BCUT2D eigenvalue weighted by Crippen LogP contribution is 2.35. The van der Waals surface area contributed by atoms with Crippen molar-refractivity contribution in [2.45, 2.75) is 0 Å². The lowest BCUT2D eigenvalue weighted by atomic mass is 10.2. The summed E-state index contributed by atoms with van der Waals surface area (Å²) in [5, 5.41) is 4.32. The third-order valence-electron chi connectivity index (χ3n) is 3.97. The Balaban J connectivity index is 1.75. The van der Waals surface area contributed by atoms with Crippen LogP contribution in [0.2, 0.25) is 0 Å². The maximum atomic E-state index is 5.44. The van der Waals surface area contributed by atoms with E-state index in [2.05, 4.69) is 20.2 Å². The zero-order valence-electron chi connectivity index (χ0n) is 13.5. The Bertz CT molecular complexity index is 659. The lowest BCUT2D eigenvalue weighted by Crippen LogP contribution is -2.39. The second-order valence-corrected chi connectivity index (χ2v) is 5.30. The lowest BCUT2D eigenvalue weighted by Gasteiger charge is -2.26. The molecule has 1 aromatic heterocycles. The van der Waals surface area contributed by atoms with E-state index in [1.54, 1.807) is 20.5 Å². The van der Waals surface area contributed by atoms with Crippen LogP contribution >= 0.6 is 0 Å². The zero-order chi connectivity index (χ0) is 16.1. The van der Waals surface area contributed by atoms with Gasteiger partial charge < -0.3 is 19.5 Å². The quantitative estimate of drug-likeness (QED) is 0.863. The van der Waals surface area contributed by atoms with E-state index >= 15 is 0 Å². The van der Waals surface area contributed by atoms with E-state index in [0.717, 1.165) is 56.1 Å². The monoisotopic (exact) mass is 318 g/mol. The Morgan fingerprint density at radius 1 is 1.17 bits per heavy atom. The molecule has 124 valence electrons. The fourth-order valence-corrected chi connectivity index (χ4v) is 2.74. The van der Waals surface area contributed by atoms with Gasteiger partial charge in [0.25, 0.3) is 0 Å². The smallest absolute Gasteiger partial charge is 0.187 e. The molecule has 0 amide bonds. The lowest BCUT2D eigenvalue weighted by molar-refractivity contribution is 0.0398. The molecule has 1 N–H and O–H groups in total. The maximum absolute atomic E-state index is 5.44. The van der Waals surface area contributed by atoms with Crippen molar-refractivity contribution < 1.29 is 14.2 Å². The number of aromatic nitrogens is 2. The zero-order valence-corrected chi connectivity index (χ0v) is 13.5. The molecule has 0 atom stereocenters. The maximum Gasteiger partial charge on any atom is 0.187 e. The van der Waals surface area contributed by atoms with Crippen LogP contribution in [-0.4, -0.2) is 68.5 Å². The Hall–Kier alpha value is -2.12. The number of methoxy groups -OCH3 is 2. The number of hydrogen-bond acceptors (Lipinski definition) is 7. The highest BCUT2D eigenvalue weighted by atomic mass is 16.5. The van der Waals surface area contributed by atoms with Gasteiger partial charge in [0.2, 0.25) is 0 Å². The van der Waals surface area contributed by atoms with Gasteiger partial charge in [0.15, 0.2) is 11.5 Å². The van der Waals surface area contributed by atoms with E-state index in [1.165, 1.54) is 0 Å². The highest BCUT2D eigenvalue weighted by Gasteiger charge is 2.14. The predicted molar refractivity (Wildman–Crippen MR) is 88.4 cm³/mol. The van der Waals surface area contributed by atoms with E-state index in [4.69, 9.17) is 14.2 Å². The van der Waals surface area contributed by atoms with E-state index in [-0.39, 0.29) is 0 Å². The molecule has 1 aromatic carbocycles. The third kappa shape index (κ3) is 3.46. The van der Waals surface area contributed by atoms with Gasteiger partial charge in [0.05, 0.1) is 27.4 Å². The average molecular weight is 318 g/mol. The number of ether oxygens (including phenoxy) is 3. The number of anilines is 1. The molecule has 0 bridgehead atoms.